The van der Waals surface area contributed by atoms with E-state index in [1.165, 1.54) is 24.2 Å². The number of alkyl halides is 3. The van der Waals surface area contributed by atoms with Gasteiger partial charge in [-0.05, 0) is 77.1 Å². The fourth-order valence-corrected chi connectivity index (χ4v) is 5.19. The average Bonchev–Trinajstić information content (AvgIpc) is 3.58. The fraction of sp³-hybridized carbons (Fsp3) is 0.323. The third kappa shape index (κ3) is 5.99. The molecule has 0 fully saturated rings. The van der Waals surface area contributed by atoms with Crippen LogP contribution in [0.25, 0.3) is 22.7 Å². The molecule has 1 amide bonds. The zero-order valence-electron chi connectivity index (χ0n) is 25.7. The quantitative estimate of drug-likeness (QED) is 0.233. The van der Waals surface area contributed by atoms with Crippen molar-refractivity contribution in [3.8, 4) is 11.6 Å². The van der Waals surface area contributed by atoms with E-state index in [-0.39, 0.29) is 42.1 Å². The lowest BCUT2D eigenvalue weighted by Gasteiger charge is -2.30. The van der Waals surface area contributed by atoms with Crippen LogP contribution in [0.5, 0.6) is 0 Å². The van der Waals surface area contributed by atoms with Crippen molar-refractivity contribution in [3.05, 3.63) is 77.0 Å². The molecule has 1 N–H and O–H groups in total. The molecule has 1 aliphatic heterocycles. The van der Waals surface area contributed by atoms with Crippen LogP contribution in [0.4, 0.5) is 29.5 Å². The summed E-state index contributed by atoms with van der Waals surface area (Å²) in [4.78, 5) is 35.8. The smallest absolute Gasteiger partial charge is 0.435 e. The first kappa shape index (κ1) is 30.7. The summed E-state index contributed by atoms with van der Waals surface area (Å²) in [5.74, 6) is 0.378. The summed E-state index contributed by atoms with van der Waals surface area (Å²) in [6.07, 6.45) is -3.98. The minimum absolute atomic E-state index is 0.0336. The zero-order chi connectivity index (χ0) is 33.0. The van der Waals surface area contributed by atoms with Crippen molar-refractivity contribution < 1.29 is 27.5 Å². The van der Waals surface area contributed by atoms with Gasteiger partial charge in [0.1, 0.15) is 17.7 Å². The van der Waals surface area contributed by atoms with Gasteiger partial charge in [-0.25, -0.2) is 19.4 Å². The number of ketones is 1. The number of rotatable bonds is 5. The predicted molar refractivity (Wildman–Crippen MR) is 161 cm³/mol. The maximum Gasteiger partial charge on any atom is 0.435 e. The summed E-state index contributed by atoms with van der Waals surface area (Å²) in [7, 11) is 0. The van der Waals surface area contributed by atoms with Crippen LogP contribution in [0.3, 0.4) is 0 Å². The van der Waals surface area contributed by atoms with E-state index in [4.69, 9.17) is 4.74 Å². The Kier molecular flexibility index (Phi) is 7.49. The minimum atomic E-state index is -4.83. The number of anilines is 2. The molecule has 12 nitrogen and oxygen atoms in total. The topological polar surface area (TPSA) is 133 Å². The van der Waals surface area contributed by atoms with Crippen molar-refractivity contribution in [1.29, 1.82) is 0 Å². The summed E-state index contributed by atoms with van der Waals surface area (Å²) in [6.45, 7) is 7.92. The molecule has 0 unspecified atom stereocenters. The summed E-state index contributed by atoms with van der Waals surface area (Å²) in [5.41, 5.74) is 0.896. The van der Waals surface area contributed by atoms with Crippen molar-refractivity contribution >= 4 is 34.4 Å². The average molecular weight is 634 g/mol. The Morgan fingerprint density at radius 1 is 1.02 bits per heavy atom. The molecule has 0 saturated carbocycles. The van der Waals surface area contributed by atoms with Gasteiger partial charge in [-0.2, -0.15) is 23.4 Å². The van der Waals surface area contributed by atoms with Gasteiger partial charge in [0.2, 0.25) is 0 Å². The van der Waals surface area contributed by atoms with Gasteiger partial charge in [0.05, 0.1) is 34.5 Å². The SMILES string of the molecule is CC(=O)c1ccc(-n2cnc3ccc(Nc4ccc(C)nn4)cc32)nc1-n1nc(C(F)(F)F)c2c1CCN(C(=O)OC(C)(C)C)C2. The number of nitrogens with zero attached hydrogens (tertiary/aromatic N) is 8. The number of pyridine rings is 1. The lowest BCUT2D eigenvalue weighted by atomic mass is 10.0. The number of fused-ring (bicyclic) bond motifs is 2. The highest BCUT2D eigenvalue weighted by Gasteiger charge is 2.42. The highest BCUT2D eigenvalue weighted by molar-refractivity contribution is 5.97. The van der Waals surface area contributed by atoms with E-state index < -0.39 is 29.3 Å². The molecule has 15 heteroatoms. The number of benzene rings is 1. The molecule has 46 heavy (non-hydrogen) atoms. The number of nitrogens with one attached hydrogen (secondary N) is 1. The van der Waals surface area contributed by atoms with Crippen molar-refractivity contribution in [3.63, 3.8) is 0 Å². The molecule has 1 aliphatic rings. The Hall–Kier alpha value is -5.34. The highest BCUT2D eigenvalue weighted by Crippen LogP contribution is 2.37. The molecule has 0 aliphatic carbocycles. The van der Waals surface area contributed by atoms with E-state index in [1.54, 1.807) is 43.5 Å². The number of halogens is 3. The Bertz CT molecular complexity index is 1980. The first-order chi connectivity index (χ1) is 21.7. The van der Waals surface area contributed by atoms with Crippen LogP contribution in [-0.2, 0) is 23.9 Å². The molecule has 0 bridgehead atoms. The molecule has 5 heterocycles. The van der Waals surface area contributed by atoms with Crippen molar-refractivity contribution in [1.82, 2.24) is 39.4 Å². The predicted octanol–water partition coefficient (Wildman–Crippen LogP) is 5.96. The number of hydrogen-bond acceptors (Lipinski definition) is 9. The van der Waals surface area contributed by atoms with Crippen molar-refractivity contribution in [2.45, 2.75) is 59.4 Å². The molecule has 238 valence electrons. The molecule has 0 radical (unpaired) electrons. The van der Waals surface area contributed by atoms with E-state index in [0.29, 0.717) is 28.4 Å². The third-order valence-electron chi connectivity index (χ3n) is 7.28. The van der Waals surface area contributed by atoms with Gasteiger partial charge in [-0.3, -0.25) is 9.36 Å². The molecule has 6 rings (SSSR count). The fourth-order valence-electron chi connectivity index (χ4n) is 5.19. The standard InChI is InChI=1S/C31H30F3N9O3/c1-17-6-10-25(39-38-17)36-19-7-9-22-24(14-19)42(16-35-22)26-11-8-20(18(2)44)28(37-26)43-23-12-13-41(29(45)46-30(3,4)5)15-21(23)27(40-43)31(32,33)34/h6-11,14,16H,12-13,15H2,1-5H3,(H,36,39). The lowest BCUT2D eigenvalue weighted by molar-refractivity contribution is -0.142. The molecular weight excluding hydrogens is 603 g/mol. The second-order valence-electron chi connectivity index (χ2n) is 11.9. The van der Waals surface area contributed by atoms with Crippen molar-refractivity contribution in [2.75, 3.05) is 11.9 Å². The summed E-state index contributed by atoms with van der Waals surface area (Å²) in [6, 6.07) is 12.2. The van der Waals surface area contributed by atoms with Crippen LogP contribution >= 0.6 is 0 Å². The number of hydrogen-bond donors (Lipinski definition) is 1. The minimum Gasteiger partial charge on any atom is -0.444 e. The molecule has 0 saturated heterocycles. The number of ether oxygens (including phenoxy) is 1. The molecule has 5 aromatic rings. The number of aryl methyl sites for hydroxylation is 1. The van der Waals surface area contributed by atoms with E-state index in [0.717, 1.165) is 10.4 Å². The Morgan fingerprint density at radius 3 is 2.48 bits per heavy atom. The van der Waals surface area contributed by atoms with Crippen LogP contribution in [0.15, 0.2) is 48.8 Å². The first-order valence-electron chi connectivity index (χ1n) is 14.4. The van der Waals surface area contributed by atoms with Gasteiger partial charge in [-0.1, -0.05) is 0 Å². The van der Waals surface area contributed by atoms with Crippen LogP contribution in [-0.4, -0.2) is 63.4 Å². The molecule has 0 spiro atoms. The summed E-state index contributed by atoms with van der Waals surface area (Å²) >= 11 is 0. The largest absolute Gasteiger partial charge is 0.444 e. The summed E-state index contributed by atoms with van der Waals surface area (Å²) < 4.78 is 51.1. The van der Waals surface area contributed by atoms with Gasteiger partial charge in [-0.15, -0.1) is 5.10 Å². The molecular formula is C31H30F3N9O3. The number of carbonyl (C=O) groups excluding carboxylic acids is 2. The van der Waals surface area contributed by atoms with Crippen molar-refractivity contribution in [2.24, 2.45) is 0 Å². The van der Waals surface area contributed by atoms with Crippen LogP contribution < -0.4 is 5.32 Å². The number of aromatic nitrogens is 7. The molecule has 0 atom stereocenters. The summed E-state index contributed by atoms with van der Waals surface area (Å²) in [5, 5.41) is 15.3. The van der Waals surface area contributed by atoms with Gasteiger partial charge >= 0.3 is 12.3 Å². The van der Waals surface area contributed by atoms with Crippen LogP contribution in [0, 0.1) is 6.92 Å². The Balaban J connectivity index is 1.43. The van der Waals surface area contributed by atoms with E-state index in [9.17, 15) is 22.8 Å². The number of amides is 1. The van der Waals surface area contributed by atoms with Crippen LogP contribution in [0.2, 0.25) is 0 Å². The van der Waals surface area contributed by atoms with E-state index in [1.807, 2.05) is 25.1 Å². The molecule has 1 aromatic carbocycles. The first-order valence-corrected chi connectivity index (χ1v) is 14.4. The maximum absolute atomic E-state index is 14.3. The second-order valence-corrected chi connectivity index (χ2v) is 11.9. The number of imidazole rings is 1. The lowest BCUT2D eigenvalue weighted by Crippen LogP contribution is -2.40. The zero-order valence-corrected chi connectivity index (χ0v) is 25.7. The van der Waals surface area contributed by atoms with Gasteiger partial charge in [0, 0.05) is 24.2 Å². The van der Waals surface area contributed by atoms with E-state index >= 15 is 0 Å². The van der Waals surface area contributed by atoms with E-state index in [2.05, 4.69) is 30.6 Å². The molecule has 4 aromatic heterocycles. The second kappa shape index (κ2) is 11.2. The highest BCUT2D eigenvalue weighted by atomic mass is 19.4. The monoisotopic (exact) mass is 633 g/mol. The van der Waals surface area contributed by atoms with Crippen LogP contribution in [0.1, 0.15) is 60.7 Å². The Labute approximate surface area is 261 Å². The Morgan fingerprint density at radius 2 is 1.80 bits per heavy atom. The van der Waals surface area contributed by atoms with Gasteiger partial charge in [0.15, 0.2) is 23.1 Å². The van der Waals surface area contributed by atoms with Gasteiger partial charge in [0.25, 0.3) is 0 Å². The maximum atomic E-state index is 14.3. The number of carbonyl (C=O) groups is 2. The van der Waals surface area contributed by atoms with Gasteiger partial charge < -0.3 is 15.0 Å². The number of Topliss-reactive ketones (excluding diaryl/α,β-unsaturated/α-hetero) is 1. The third-order valence-corrected chi connectivity index (χ3v) is 7.28. The normalized spacial score (nSPS) is 13.5.